The number of aliphatic hydroxyl groups excluding tert-OH is 1. The van der Waals surface area contributed by atoms with Crippen LogP contribution in [0.4, 0.5) is 0 Å². The Morgan fingerprint density at radius 1 is 1.19 bits per heavy atom. The third-order valence-corrected chi connectivity index (χ3v) is 6.38. The summed E-state index contributed by atoms with van der Waals surface area (Å²) in [6.45, 7) is 6.78. The highest BCUT2D eigenvalue weighted by Crippen LogP contribution is 2.43. The summed E-state index contributed by atoms with van der Waals surface area (Å²) >= 11 is 1.45. The monoisotopic (exact) mass is 451 g/mol. The molecule has 1 amide bonds. The summed E-state index contributed by atoms with van der Waals surface area (Å²) in [5.74, 6) is 0.0855. The maximum atomic E-state index is 13.1. The molecule has 0 bridgehead atoms. The zero-order valence-corrected chi connectivity index (χ0v) is 19.0. The highest BCUT2D eigenvalue weighted by molar-refractivity contribution is 7.10. The van der Waals surface area contributed by atoms with Crippen LogP contribution in [0.5, 0.6) is 5.75 Å². The van der Waals surface area contributed by atoms with Crippen molar-refractivity contribution in [3.05, 3.63) is 81.4 Å². The standard InChI is InChI=1S/C25H25NO5S/c1-15(2)14-31-18-8-6-17(7-9-18)22(27)20-21(24-16(3)10-12-32-24)26(25(29)23(20)28)13-19-5-4-11-30-19/h4-12,15,21,27H,13-14H2,1-3H3/b22-20-. The minimum absolute atomic E-state index is 0.0861. The number of amides is 1. The minimum Gasteiger partial charge on any atom is -0.507 e. The molecule has 1 atom stereocenters. The Morgan fingerprint density at radius 3 is 2.53 bits per heavy atom. The van der Waals surface area contributed by atoms with Crippen LogP contribution in [0.25, 0.3) is 5.76 Å². The van der Waals surface area contributed by atoms with E-state index in [2.05, 4.69) is 13.8 Å². The second-order valence-corrected chi connectivity index (χ2v) is 9.15. The van der Waals surface area contributed by atoms with Gasteiger partial charge in [-0.3, -0.25) is 9.59 Å². The lowest BCUT2D eigenvalue weighted by atomic mass is 9.98. The van der Waals surface area contributed by atoms with Gasteiger partial charge < -0.3 is 19.2 Å². The lowest BCUT2D eigenvalue weighted by Gasteiger charge is -2.24. The Balaban J connectivity index is 1.74. The van der Waals surface area contributed by atoms with Crippen LogP contribution in [0.2, 0.25) is 0 Å². The Hall–Kier alpha value is -3.32. The Kier molecular flexibility index (Phi) is 6.19. The van der Waals surface area contributed by atoms with E-state index < -0.39 is 17.7 Å². The number of hydrogen-bond acceptors (Lipinski definition) is 6. The van der Waals surface area contributed by atoms with E-state index in [4.69, 9.17) is 9.15 Å². The van der Waals surface area contributed by atoms with Gasteiger partial charge in [0.1, 0.15) is 23.3 Å². The van der Waals surface area contributed by atoms with Gasteiger partial charge in [0.25, 0.3) is 11.7 Å². The van der Waals surface area contributed by atoms with E-state index in [1.54, 1.807) is 36.4 Å². The van der Waals surface area contributed by atoms with Crippen molar-refractivity contribution in [3.8, 4) is 5.75 Å². The predicted molar refractivity (Wildman–Crippen MR) is 122 cm³/mol. The first-order valence-electron chi connectivity index (χ1n) is 10.4. The molecule has 0 saturated carbocycles. The summed E-state index contributed by atoms with van der Waals surface area (Å²) in [4.78, 5) is 28.3. The van der Waals surface area contributed by atoms with E-state index in [1.807, 2.05) is 18.4 Å². The molecule has 1 saturated heterocycles. The number of carbonyl (C=O) groups excluding carboxylic acids is 2. The topological polar surface area (TPSA) is 80.0 Å². The van der Waals surface area contributed by atoms with Crippen LogP contribution in [-0.4, -0.2) is 28.3 Å². The van der Waals surface area contributed by atoms with Crippen LogP contribution >= 0.6 is 11.3 Å². The average molecular weight is 452 g/mol. The number of likely N-dealkylation sites (tertiary alicyclic amines) is 1. The SMILES string of the molecule is Cc1ccsc1C1/C(=C(/O)c2ccc(OCC(C)C)cc2)C(=O)C(=O)N1Cc1ccco1. The number of hydrogen-bond donors (Lipinski definition) is 1. The molecule has 4 rings (SSSR count). The van der Waals surface area contributed by atoms with Crippen molar-refractivity contribution in [3.63, 3.8) is 0 Å². The molecule has 1 fully saturated rings. The summed E-state index contributed by atoms with van der Waals surface area (Å²) in [5, 5.41) is 13.1. The van der Waals surface area contributed by atoms with Gasteiger partial charge in [-0.15, -0.1) is 11.3 Å². The van der Waals surface area contributed by atoms with Gasteiger partial charge in [0.05, 0.1) is 25.0 Å². The lowest BCUT2D eigenvalue weighted by Crippen LogP contribution is -2.28. The number of aryl methyl sites for hydroxylation is 1. The second kappa shape index (κ2) is 9.04. The quantitative estimate of drug-likeness (QED) is 0.299. The van der Waals surface area contributed by atoms with E-state index in [9.17, 15) is 14.7 Å². The van der Waals surface area contributed by atoms with Crippen LogP contribution in [0.15, 0.2) is 64.1 Å². The third kappa shape index (κ3) is 4.21. The van der Waals surface area contributed by atoms with Crippen molar-refractivity contribution >= 4 is 28.8 Å². The Labute approximate surface area is 190 Å². The number of ketones is 1. The molecule has 1 aliphatic rings. The number of rotatable bonds is 7. The van der Waals surface area contributed by atoms with Gasteiger partial charge in [-0.2, -0.15) is 0 Å². The normalized spacial score (nSPS) is 18.0. The molecule has 1 aromatic carbocycles. The highest BCUT2D eigenvalue weighted by atomic mass is 32.1. The molecule has 3 heterocycles. The Morgan fingerprint density at radius 2 is 1.94 bits per heavy atom. The van der Waals surface area contributed by atoms with Crippen LogP contribution in [0.3, 0.4) is 0 Å². The maximum absolute atomic E-state index is 13.1. The van der Waals surface area contributed by atoms with Gasteiger partial charge >= 0.3 is 0 Å². The highest BCUT2D eigenvalue weighted by Gasteiger charge is 2.47. The van der Waals surface area contributed by atoms with Crippen LogP contribution < -0.4 is 4.74 Å². The largest absolute Gasteiger partial charge is 0.507 e. The number of nitrogens with zero attached hydrogens (tertiary/aromatic N) is 1. The predicted octanol–water partition coefficient (Wildman–Crippen LogP) is 5.31. The molecule has 1 aliphatic heterocycles. The fourth-order valence-electron chi connectivity index (χ4n) is 3.68. The number of Topliss-reactive ketones (excluding diaryl/α,β-unsaturated/α-hetero) is 1. The zero-order chi connectivity index (χ0) is 22.8. The van der Waals surface area contributed by atoms with Gasteiger partial charge in [-0.05, 0) is 66.2 Å². The number of carbonyl (C=O) groups is 2. The summed E-state index contributed by atoms with van der Waals surface area (Å²) in [6.07, 6.45) is 1.53. The molecule has 0 spiro atoms. The fourth-order valence-corrected chi connectivity index (χ4v) is 4.72. The number of aliphatic hydroxyl groups is 1. The summed E-state index contributed by atoms with van der Waals surface area (Å²) < 4.78 is 11.1. The van der Waals surface area contributed by atoms with Crippen molar-refractivity contribution < 1.29 is 23.8 Å². The molecule has 7 heteroatoms. The molecule has 32 heavy (non-hydrogen) atoms. The third-order valence-electron chi connectivity index (χ3n) is 5.31. The van der Waals surface area contributed by atoms with Crippen molar-refractivity contribution in [1.29, 1.82) is 0 Å². The van der Waals surface area contributed by atoms with Gasteiger partial charge in [0, 0.05) is 10.4 Å². The average Bonchev–Trinajstić information content (AvgIpc) is 3.49. The number of furan rings is 1. The molecule has 3 aromatic rings. The lowest BCUT2D eigenvalue weighted by molar-refractivity contribution is -0.140. The number of thiophene rings is 1. The minimum atomic E-state index is -0.702. The molecule has 6 nitrogen and oxygen atoms in total. The number of benzene rings is 1. The van der Waals surface area contributed by atoms with E-state index in [0.717, 1.165) is 10.4 Å². The molecule has 0 radical (unpaired) electrons. The second-order valence-electron chi connectivity index (χ2n) is 8.20. The van der Waals surface area contributed by atoms with Crippen LogP contribution in [-0.2, 0) is 16.1 Å². The molecule has 0 aliphatic carbocycles. The first-order chi connectivity index (χ1) is 15.4. The van der Waals surface area contributed by atoms with Gasteiger partial charge in [-0.1, -0.05) is 13.8 Å². The molecule has 166 valence electrons. The Bertz CT molecular complexity index is 1140. The first-order valence-corrected chi connectivity index (χ1v) is 11.3. The summed E-state index contributed by atoms with van der Waals surface area (Å²) in [7, 11) is 0. The zero-order valence-electron chi connectivity index (χ0n) is 18.2. The molecular weight excluding hydrogens is 426 g/mol. The molecule has 1 N–H and O–H groups in total. The van der Waals surface area contributed by atoms with Crippen molar-refractivity contribution in [2.45, 2.75) is 33.4 Å². The maximum Gasteiger partial charge on any atom is 0.296 e. The van der Waals surface area contributed by atoms with Crippen molar-refractivity contribution in [2.24, 2.45) is 5.92 Å². The van der Waals surface area contributed by atoms with E-state index in [-0.39, 0.29) is 17.9 Å². The van der Waals surface area contributed by atoms with E-state index in [0.29, 0.717) is 29.6 Å². The van der Waals surface area contributed by atoms with Crippen LogP contribution in [0.1, 0.15) is 41.7 Å². The smallest absolute Gasteiger partial charge is 0.296 e. The number of ether oxygens (including phenoxy) is 1. The van der Waals surface area contributed by atoms with Gasteiger partial charge in [-0.25, -0.2) is 0 Å². The van der Waals surface area contributed by atoms with Crippen molar-refractivity contribution in [1.82, 2.24) is 4.90 Å². The summed E-state index contributed by atoms with van der Waals surface area (Å²) in [5.41, 5.74) is 1.50. The van der Waals surface area contributed by atoms with Gasteiger partial charge in [0.15, 0.2) is 0 Å². The molecular formula is C25H25NO5S. The van der Waals surface area contributed by atoms with E-state index in [1.165, 1.54) is 22.5 Å². The molecule has 1 unspecified atom stereocenters. The van der Waals surface area contributed by atoms with Gasteiger partial charge in [0.2, 0.25) is 0 Å². The molecule has 2 aromatic heterocycles. The van der Waals surface area contributed by atoms with E-state index >= 15 is 0 Å². The summed E-state index contributed by atoms with van der Waals surface area (Å²) in [6, 6.07) is 11.6. The van der Waals surface area contributed by atoms with Crippen molar-refractivity contribution in [2.75, 3.05) is 6.61 Å². The van der Waals surface area contributed by atoms with Crippen LogP contribution in [0, 0.1) is 12.8 Å². The fraction of sp³-hybridized carbons (Fsp3) is 0.280. The first kappa shape index (κ1) is 21.9.